The third-order valence-electron chi connectivity index (χ3n) is 2.60. The van der Waals surface area contributed by atoms with Gasteiger partial charge < -0.3 is 9.80 Å². The molecule has 0 radical (unpaired) electrons. The predicted octanol–water partition coefficient (Wildman–Crippen LogP) is 1.40. The molecule has 0 aliphatic heterocycles. The Balaban J connectivity index is 2.44. The fourth-order valence-electron chi connectivity index (χ4n) is 1.38. The van der Waals surface area contributed by atoms with E-state index in [1.807, 2.05) is 11.9 Å². The maximum absolute atomic E-state index is 11.5. The highest BCUT2D eigenvalue weighted by atomic mass is 16.2. The van der Waals surface area contributed by atoms with Crippen LogP contribution in [0.3, 0.4) is 0 Å². The first kappa shape index (κ1) is 9.36. The van der Waals surface area contributed by atoms with Gasteiger partial charge in [0.05, 0.1) is 0 Å². The smallest absolute Gasteiger partial charge is 0.319 e. The minimum absolute atomic E-state index is 0.106. The lowest BCUT2D eigenvalue weighted by Gasteiger charge is -2.27. The number of urea groups is 1. The van der Waals surface area contributed by atoms with Gasteiger partial charge in [0.1, 0.15) is 0 Å². The molecule has 1 aliphatic rings. The van der Waals surface area contributed by atoms with E-state index in [9.17, 15) is 4.79 Å². The summed E-state index contributed by atoms with van der Waals surface area (Å²) >= 11 is 0. The summed E-state index contributed by atoms with van der Waals surface area (Å²) in [5, 5.41) is 0. The molecule has 12 heavy (non-hydrogen) atoms. The van der Waals surface area contributed by atoms with Crippen LogP contribution < -0.4 is 0 Å². The van der Waals surface area contributed by atoms with Crippen LogP contribution in [0.5, 0.6) is 0 Å². The molecule has 1 rings (SSSR count). The molecule has 1 atom stereocenters. The molecule has 0 aromatic rings. The van der Waals surface area contributed by atoms with E-state index in [0.717, 1.165) is 5.92 Å². The van der Waals surface area contributed by atoms with Crippen LogP contribution in [0.25, 0.3) is 0 Å². The third-order valence-corrected chi connectivity index (χ3v) is 2.60. The van der Waals surface area contributed by atoms with Gasteiger partial charge in [-0.1, -0.05) is 0 Å². The fourth-order valence-corrected chi connectivity index (χ4v) is 1.38. The number of hydrogen-bond acceptors (Lipinski definition) is 1. The molecule has 2 amide bonds. The van der Waals surface area contributed by atoms with E-state index in [0.29, 0.717) is 6.04 Å². The highest BCUT2D eigenvalue weighted by molar-refractivity contribution is 5.73. The van der Waals surface area contributed by atoms with Gasteiger partial charge in [0.25, 0.3) is 0 Å². The van der Waals surface area contributed by atoms with Crippen molar-refractivity contribution in [2.24, 2.45) is 5.92 Å². The normalized spacial score (nSPS) is 18.7. The molecular weight excluding hydrogens is 152 g/mol. The Bertz CT molecular complexity index is 175. The maximum Gasteiger partial charge on any atom is 0.319 e. The zero-order valence-corrected chi connectivity index (χ0v) is 8.37. The molecule has 1 saturated carbocycles. The van der Waals surface area contributed by atoms with E-state index in [4.69, 9.17) is 0 Å². The van der Waals surface area contributed by atoms with Gasteiger partial charge in [-0.15, -0.1) is 0 Å². The number of nitrogens with zero attached hydrogens (tertiary/aromatic N) is 2. The average Bonchev–Trinajstić information content (AvgIpc) is 2.82. The first-order valence-corrected chi connectivity index (χ1v) is 4.48. The molecule has 0 aromatic carbocycles. The summed E-state index contributed by atoms with van der Waals surface area (Å²) in [5.74, 6) is 0.749. The topological polar surface area (TPSA) is 23.6 Å². The Morgan fingerprint density at radius 2 is 1.83 bits per heavy atom. The first-order valence-electron chi connectivity index (χ1n) is 4.48. The van der Waals surface area contributed by atoms with Crippen molar-refractivity contribution in [1.82, 2.24) is 9.80 Å². The summed E-state index contributed by atoms with van der Waals surface area (Å²) in [5.41, 5.74) is 0. The van der Waals surface area contributed by atoms with Crippen molar-refractivity contribution < 1.29 is 4.79 Å². The molecule has 0 aromatic heterocycles. The van der Waals surface area contributed by atoms with Crippen LogP contribution in [0.4, 0.5) is 4.79 Å². The van der Waals surface area contributed by atoms with E-state index in [1.54, 1.807) is 19.0 Å². The van der Waals surface area contributed by atoms with E-state index in [1.165, 1.54) is 12.8 Å². The van der Waals surface area contributed by atoms with Gasteiger partial charge in [0, 0.05) is 27.2 Å². The van der Waals surface area contributed by atoms with Crippen molar-refractivity contribution in [2.45, 2.75) is 25.8 Å². The summed E-state index contributed by atoms with van der Waals surface area (Å²) in [4.78, 5) is 14.9. The van der Waals surface area contributed by atoms with Gasteiger partial charge in [-0.05, 0) is 25.7 Å². The summed E-state index contributed by atoms with van der Waals surface area (Å²) in [6.45, 7) is 2.12. The quantitative estimate of drug-likeness (QED) is 0.614. The largest absolute Gasteiger partial charge is 0.331 e. The molecule has 0 N–H and O–H groups in total. The number of rotatable bonds is 2. The molecule has 0 heterocycles. The van der Waals surface area contributed by atoms with Crippen LogP contribution in [-0.4, -0.2) is 43.0 Å². The fraction of sp³-hybridized carbons (Fsp3) is 0.889. The van der Waals surface area contributed by atoms with Gasteiger partial charge in [-0.2, -0.15) is 0 Å². The van der Waals surface area contributed by atoms with E-state index in [2.05, 4.69) is 6.92 Å². The second-order valence-electron chi connectivity index (χ2n) is 3.87. The molecule has 3 heteroatoms. The Kier molecular flexibility index (Phi) is 2.60. The molecule has 0 bridgehead atoms. The SMILES string of the molecule is CC(C1CC1)N(C)C(=O)N(C)C. The lowest BCUT2D eigenvalue weighted by atomic mass is 10.2. The van der Waals surface area contributed by atoms with Crippen LogP contribution >= 0.6 is 0 Å². The van der Waals surface area contributed by atoms with Gasteiger partial charge in [0.2, 0.25) is 0 Å². The minimum Gasteiger partial charge on any atom is -0.331 e. The lowest BCUT2D eigenvalue weighted by Crippen LogP contribution is -2.42. The monoisotopic (exact) mass is 170 g/mol. The molecule has 1 aliphatic carbocycles. The standard InChI is InChI=1S/C9H18N2O/c1-7(8-5-6-8)11(4)9(12)10(2)3/h7-8H,5-6H2,1-4H3. The lowest BCUT2D eigenvalue weighted by molar-refractivity contribution is 0.162. The molecule has 3 nitrogen and oxygen atoms in total. The predicted molar refractivity (Wildman–Crippen MR) is 49.0 cm³/mol. The molecule has 1 fully saturated rings. The van der Waals surface area contributed by atoms with E-state index >= 15 is 0 Å². The zero-order chi connectivity index (χ0) is 9.30. The second kappa shape index (κ2) is 3.33. The van der Waals surface area contributed by atoms with E-state index < -0.39 is 0 Å². The van der Waals surface area contributed by atoms with Crippen molar-refractivity contribution in [2.75, 3.05) is 21.1 Å². The maximum atomic E-state index is 11.5. The summed E-state index contributed by atoms with van der Waals surface area (Å²) < 4.78 is 0. The number of hydrogen-bond donors (Lipinski definition) is 0. The Morgan fingerprint density at radius 3 is 2.17 bits per heavy atom. The molecule has 70 valence electrons. The molecule has 1 unspecified atom stereocenters. The van der Waals surface area contributed by atoms with Gasteiger partial charge in [0.15, 0.2) is 0 Å². The number of carbonyl (C=O) groups is 1. The van der Waals surface area contributed by atoms with Crippen LogP contribution in [0, 0.1) is 5.92 Å². The minimum atomic E-state index is 0.106. The molecule has 0 saturated heterocycles. The second-order valence-corrected chi connectivity index (χ2v) is 3.87. The van der Waals surface area contributed by atoms with Crippen molar-refractivity contribution in [3.8, 4) is 0 Å². The van der Waals surface area contributed by atoms with Gasteiger partial charge in [-0.3, -0.25) is 0 Å². The average molecular weight is 170 g/mol. The van der Waals surface area contributed by atoms with Gasteiger partial charge >= 0.3 is 6.03 Å². The van der Waals surface area contributed by atoms with Crippen LogP contribution in [0.15, 0.2) is 0 Å². The van der Waals surface area contributed by atoms with Crippen molar-refractivity contribution >= 4 is 6.03 Å². The summed E-state index contributed by atoms with van der Waals surface area (Å²) in [6, 6.07) is 0.509. The Hall–Kier alpha value is -0.730. The highest BCUT2D eigenvalue weighted by Crippen LogP contribution is 2.34. The van der Waals surface area contributed by atoms with Crippen molar-refractivity contribution in [3.05, 3.63) is 0 Å². The molecule has 0 spiro atoms. The highest BCUT2D eigenvalue weighted by Gasteiger charge is 2.32. The Labute approximate surface area is 74.3 Å². The van der Waals surface area contributed by atoms with Crippen LogP contribution in [0.2, 0.25) is 0 Å². The Morgan fingerprint density at radius 1 is 1.33 bits per heavy atom. The molecular formula is C9H18N2O. The van der Waals surface area contributed by atoms with Crippen molar-refractivity contribution in [3.63, 3.8) is 0 Å². The third kappa shape index (κ3) is 1.90. The number of carbonyl (C=O) groups excluding carboxylic acids is 1. The summed E-state index contributed by atoms with van der Waals surface area (Å²) in [7, 11) is 5.46. The zero-order valence-electron chi connectivity index (χ0n) is 8.37. The van der Waals surface area contributed by atoms with Gasteiger partial charge in [-0.25, -0.2) is 4.79 Å². The number of amides is 2. The summed E-state index contributed by atoms with van der Waals surface area (Å²) in [6.07, 6.45) is 2.57. The van der Waals surface area contributed by atoms with Crippen LogP contribution in [0.1, 0.15) is 19.8 Å². The van der Waals surface area contributed by atoms with Crippen LogP contribution in [-0.2, 0) is 0 Å². The van der Waals surface area contributed by atoms with Crippen molar-refractivity contribution in [1.29, 1.82) is 0 Å². The first-order chi connectivity index (χ1) is 5.54. The van der Waals surface area contributed by atoms with E-state index in [-0.39, 0.29) is 6.03 Å².